The number of ether oxygens (including phenoxy) is 2. The van der Waals surface area contributed by atoms with E-state index in [0.29, 0.717) is 12.1 Å². The fraction of sp³-hybridized carbons (Fsp3) is 0.357. The average molecular weight is 354 g/mol. The van der Waals surface area contributed by atoms with Crippen LogP contribution >= 0.6 is 15.9 Å². The van der Waals surface area contributed by atoms with Crippen molar-refractivity contribution in [1.29, 1.82) is 0 Å². The summed E-state index contributed by atoms with van der Waals surface area (Å²) in [5, 5.41) is 2.78. The average Bonchev–Trinajstić information content (AvgIpc) is 3.16. The first-order chi connectivity index (χ1) is 9.99. The maximum Gasteiger partial charge on any atom is 0.344 e. The van der Waals surface area contributed by atoms with Crippen molar-refractivity contribution < 1.29 is 23.9 Å². The van der Waals surface area contributed by atoms with Crippen LogP contribution < -0.4 is 5.32 Å². The van der Waals surface area contributed by atoms with E-state index in [2.05, 4.69) is 26.0 Å². The smallest absolute Gasteiger partial charge is 0.344 e. The van der Waals surface area contributed by atoms with E-state index in [1.807, 2.05) is 12.1 Å². The second kappa shape index (κ2) is 4.84. The first kappa shape index (κ1) is 14.1. The van der Waals surface area contributed by atoms with Crippen LogP contribution in [0.2, 0.25) is 0 Å². The molecular weight excluding hydrogens is 342 g/mol. The molecule has 110 valence electrons. The van der Waals surface area contributed by atoms with Crippen molar-refractivity contribution in [3.8, 4) is 0 Å². The zero-order valence-corrected chi connectivity index (χ0v) is 12.7. The minimum Gasteiger partial charge on any atom is -0.466 e. The van der Waals surface area contributed by atoms with Crippen molar-refractivity contribution in [2.24, 2.45) is 5.92 Å². The van der Waals surface area contributed by atoms with Crippen molar-refractivity contribution in [1.82, 2.24) is 0 Å². The molecular formula is C14H12BrNO5. The van der Waals surface area contributed by atoms with Crippen LogP contribution in [0.5, 0.6) is 0 Å². The van der Waals surface area contributed by atoms with E-state index in [-0.39, 0.29) is 5.91 Å². The maximum atomic E-state index is 12.2. The van der Waals surface area contributed by atoms with Gasteiger partial charge in [0.25, 0.3) is 0 Å². The van der Waals surface area contributed by atoms with E-state index in [1.54, 1.807) is 6.07 Å². The van der Waals surface area contributed by atoms with Gasteiger partial charge in [-0.1, -0.05) is 15.9 Å². The zero-order valence-electron chi connectivity index (χ0n) is 11.1. The molecule has 1 spiro atoms. The van der Waals surface area contributed by atoms with Gasteiger partial charge in [0.05, 0.1) is 18.4 Å². The summed E-state index contributed by atoms with van der Waals surface area (Å²) in [6.07, 6.45) is 0.391. The second-order valence-electron chi connectivity index (χ2n) is 5.06. The number of benzene rings is 1. The highest BCUT2D eigenvalue weighted by molar-refractivity contribution is 9.10. The number of hydrogen-bond acceptors (Lipinski definition) is 5. The van der Waals surface area contributed by atoms with Gasteiger partial charge in [0.1, 0.15) is 0 Å². The summed E-state index contributed by atoms with van der Waals surface area (Å²) in [5.74, 6) is -1.94. The van der Waals surface area contributed by atoms with Gasteiger partial charge in [-0.25, -0.2) is 4.79 Å². The number of fused-ring (bicyclic) bond motifs is 2. The Bertz CT molecular complexity index is 659. The lowest BCUT2D eigenvalue weighted by molar-refractivity contribution is -0.158. The van der Waals surface area contributed by atoms with E-state index in [4.69, 9.17) is 4.74 Å². The third-order valence-corrected chi connectivity index (χ3v) is 4.41. The standard InChI is InChI=1S/C14H12BrNO5/c1-20-11(17)6-21-12(18)9-5-14(9)8-4-7(15)2-3-10(8)16-13(14)19/h2-4,9H,5-6H2,1H3,(H,16,19)/t9-,14-/m0/s1. The van der Waals surface area contributed by atoms with E-state index in [1.165, 1.54) is 7.11 Å². The first-order valence-corrected chi connectivity index (χ1v) is 7.13. The first-order valence-electron chi connectivity index (χ1n) is 6.34. The lowest BCUT2D eigenvalue weighted by Crippen LogP contribution is -2.26. The van der Waals surface area contributed by atoms with E-state index >= 15 is 0 Å². The number of amides is 1. The SMILES string of the molecule is COC(=O)COC(=O)[C@@H]1C[C@@]12C(=O)Nc1ccc(Br)cc12. The van der Waals surface area contributed by atoms with Gasteiger partial charge in [0.15, 0.2) is 6.61 Å². The molecule has 1 N–H and O–H groups in total. The fourth-order valence-electron chi connectivity index (χ4n) is 2.74. The number of halogens is 1. The molecule has 1 saturated carbocycles. The molecule has 0 saturated heterocycles. The van der Waals surface area contributed by atoms with Gasteiger partial charge in [-0.05, 0) is 30.2 Å². The number of esters is 2. The number of methoxy groups -OCH3 is 1. The predicted octanol–water partition coefficient (Wildman–Crippen LogP) is 1.38. The minimum atomic E-state index is -0.855. The van der Waals surface area contributed by atoms with E-state index in [0.717, 1.165) is 10.0 Å². The predicted molar refractivity (Wildman–Crippen MR) is 75.5 cm³/mol. The number of hydrogen-bond donors (Lipinski definition) is 1. The molecule has 2 aliphatic rings. The van der Waals surface area contributed by atoms with Crippen LogP contribution in [-0.4, -0.2) is 31.6 Å². The van der Waals surface area contributed by atoms with Crippen LogP contribution in [0.25, 0.3) is 0 Å². The van der Waals surface area contributed by atoms with Crippen LogP contribution in [0, 0.1) is 5.92 Å². The summed E-state index contributed by atoms with van der Waals surface area (Å²) in [5.41, 5.74) is 0.653. The van der Waals surface area contributed by atoms with Crippen molar-refractivity contribution in [2.45, 2.75) is 11.8 Å². The molecule has 0 radical (unpaired) electrons. The highest BCUT2D eigenvalue weighted by Gasteiger charge is 2.68. The monoisotopic (exact) mass is 353 g/mol. The Balaban J connectivity index is 1.79. The molecule has 6 nitrogen and oxygen atoms in total. The molecule has 0 aromatic heterocycles. The van der Waals surface area contributed by atoms with Crippen LogP contribution in [0.1, 0.15) is 12.0 Å². The lowest BCUT2D eigenvalue weighted by Gasteiger charge is -2.08. The Morgan fingerprint density at radius 1 is 1.48 bits per heavy atom. The number of anilines is 1. The van der Waals surface area contributed by atoms with Crippen molar-refractivity contribution in [2.75, 3.05) is 19.0 Å². The van der Waals surface area contributed by atoms with Gasteiger partial charge < -0.3 is 14.8 Å². The van der Waals surface area contributed by atoms with Crippen LogP contribution in [0.15, 0.2) is 22.7 Å². The molecule has 3 rings (SSSR count). The van der Waals surface area contributed by atoms with Crippen molar-refractivity contribution >= 4 is 39.5 Å². The molecule has 1 aliphatic carbocycles. The maximum absolute atomic E-state index is 12.2. The molecule has 1 aromatic rings. The summed E-state index contributed by atoms with van der Waals surface area (Å²) in [6, 6.07) is 5.45. The zero-order chi connectivity index (χ0) is 15.2. The number of rotatable bonds is 3. The molecule has 21 heavy (non-hydrogen) atoms. The highest BCUT2D eigenvalue weighted by Crippen LogP contribution is 2.60. The van der Waals surface area contributed by atoms with Crippen LogP contribution in [-0.2, 0) is 29.3 Å². The van der Waals surface area contributed by atoms with Gasteiger partial charge in [0, 0.05) is 10.2 Å². The Labute approximate surface area is 128 Å². The fourth-order valence-corrected chi connectivity index (χ4v) is 3.10. The lowest BCUT2D eigenvalue weighted by atomic mass is 9.95. The third-order valence-electron chi connectivity index (χ3n) is 3.92. The quantitative estimate of drug-likeness (QED) is 0.830. The van der Waals surface area contributed by atoms with Gasteiger partial charge in [-0.3, -0.25) is 9.59 Å². The summed E-state index contributed by atoms with van der Waals surface area (Å²) < 4.78 is 10.1. The molecule has 1 fully saturated rings. The van der Waals surface area contributed by atoms with Crippen LogP contribution in [0.4, 0.5) is 5.69 Å². The molecule has 0 bridgehead atoms. The number of carbonyl (C=O) groups excluding carboxylic acids is 3. The summed E-state index contributed by atoms with van der Waals surface area (Å²) in [6.45, 7) is -0.436. The van der Waals surface area contributed by atoms with Crippen LogP contribution in [0.3, 0.4) is 0 Å². The molecule has 1 aromatic carbocycles. The summed E-state index contributed by atoms with van der Waals surface area (Å²) >= 11 is 3.36. The molecule has 2 atom stereocenters. The molecule has 1 heterocycles. The topological polar surface area (TPSA) is 81.7 Å². The van der Waals surface area contributed by atoms with Crippen molar-refractivity contribution in [3.05, 3.63) is 28.2 Å². The molecule has 1 aliphatic heterocycles. The number of nitrogens with one attached hydrogen (secondary N) is 1. The van der Waals surface area contributed by atoms with Gasteiger partial charge in [-0.2, -0.15) is 0 Å². The Hall–Kier alpha value is -1.89. The molecule has 0 unspecified atom stereocenters. The van der Waals surface area contributed by atoms with Crippen molar-refractivity contribution in [3.63, 3.8) is 0 Å². The summed E-state index contributed by atoms with van der Waals surface area (Å²) in [7, 11) is 1.22. The molecule has 7 heteroatoms. The Kier molecular flexibility index (Phi) is 3.24. The Morgan fingerprint density at radius 3 is 2.95 bits per heavy atom. The third kappa shape index (κ3) is 2.12. The van der Waals surface area contributed by atoms with E-state index < -0.39 is 29.9 Å². The highest BCUT2D eigenvalue weighted by atomic mass is 79.9. The Morgan fingerprint density at radius 2 is 2.24 bits per heavy atom. The minimum absolute atomic E-state index is 0.199. The normalized spacial score (nSPS) is 25.2. The second-order valence-corrected chi connectivity index (χ2v) is 5.97. The van der Waals surface area contributed by atoms with E-state index in [9.17, 15) is 14.4 Å². The largest absolute Gasteiger partial charge is 0.466 e. The number of carbonyl (C=O) groups is 3. The molecule has 1 amide bonds. The van der Waals surface area contributed by atoms with Gasteiger partial charge >= 0.3 is 11.9 Å². The van der Waals surface area contributed by atoms with Gasteiger partial charge in [-0.15, -0.1) is 0 Å². The van der Waals surface area contributed by atoms with Gasteiger partial charge in [0.2, 0.25) is 5.91 Å². The summed E-state index contributed by atoms with van der Waals surface area (Å²) in [4.78, 5) is 35.2.